The Balaban J connectivity index is 1.54. The van der Waals surface area contributed by atoms with E-state index in [1.165, 1.54) is 0 Å². The van der Waals surface area contributed by atoms with Crippen molar-refractivity contribution in [3.63, 3.8) is 0 Å². The van der Waals surface area contributed by atoms with Crippen molar-refractivity contribution in [2.45, 2.75) is 49.6 Å². The Kier molecular flexibility index (Phi) is 3.53. The molecular weight excluding hydrogens is 304 g/mol. The highest BCUT2D eigenvalue weighted by Crippen LogP contribution is 2.46. The minimum Gasteiger partial charge on any atom is -0.370 e. The SMILES string of the molecule is NC(=O)CC1(c2ccc(N3C[C@@H]4[C@H](N)CCN4C3=O)cc2)CCC1. The third-order valence-electron chi connectivity index (χ3n) is 6.06. The smallest absolute Gasteiger partial charge is 0.324 e. The zero-order valence-electron chi connectivity index (χ0n) is 13.8. The van der Waals surface area contributed by atoms with Gasteiger partial charge >= 0.3 is 6.03 Å². The normalized spacial score (nSPS) is 28.0. The monoisotopic (exact) mass is 328 g/mol. The zero-order valence-corrected chi connectivity index (χ0v) is 13.8. The van der Waals surface area contributed by atoms with Crippen LogP contribution in [0.25, 0.3) is 0 Å². The molecule has 6 heteroatoms. The molecule has 6 nitrogen and oxygen atoms in total. The van der Waals surface area contributed by atoms with Gasteiger partial charge in [0.05, 0.1) is 6.04 Å². The van der Waals surface area contributed by atoms with Crippen LogP contribution in [0.2, 0.25) is 0 Å². The number of amides is 3. The van der Waals surface area contributed by atoms with Gasteiger partial charge in [-0.1, -0.05) is 18.6 Å². The Morgan fingerprint density at radius 1 is 1.25 bits per heavy atom. The molecule has 0 unspecified atom stereocenters. The van der Waals surface area contributed by atoms with E-state index < -0.39 is 0 Å². The number of urea groups is 1. The number of primary amides is 1. The highest BCUT2D eigenvalue weighted by Gasteiger charge is 2.45. The third-order valence-corrected chi connectivity index (χ3v) is 6.06. The summed E-state index contributed by atoms with van der Waals surface area (Å²) in [5, 5.41) is 0. The zero-order chi connectivity index (χ0) is 16.9. The van der Waals surface area contributed by atoms with Gasteiger partial charge in [0, 0.05) is 36.7 Å². The van der Waals surface area contributed by atoms with E-state index in [2.05, 4.69) is 0 Å². The van der Waals surface area contributed by atoms with Gasteiger partial charge in [0.1, 0.15) is 0 Å². The van der Waals surface area contributed by atoms with Gasteiger partial charge < -0.3 is 16.4 Å². The second-order valence-electron chi connectivity index (χ2n) is 7.43. The maximum atomic E-state index is 12.6. The molecule has 3 amide bonds. The number of hydrogen-bond acceptors (Lipinski definition) is 3. The Bertz CT molecular complexity index is 668. The van der Waals surface area contributed by atoms with Crippen molar-refractivity contribution in [2.75, 3.05) is 18.0 Å². The number of nitrogens with two attached hydrogens (primary N) is 2. The first kappa shape index (κ1) is 15.4. The quantitative estimate of drug-likeness (QED) is 0.873. The Labute approximate surface area is 141 Å². The maximum absolute atomic E-state index is 12.6. The third kappa shape index (κ3) is 2.28. The van der Waals surface area contributed by atoms with E-state index in [0.717, 1.165) is 43.5 Å². The topological polar surface area (TPSA) is 92.7 Å². The first-order valence-electron chi connectivity index (χ1n) is 8.73. The highest BCUT2D eigenvalue weighted by atomic mass is 16.2. The van der Waals surface area contributed by atoms with Crippen LogP contribution in [-0.4, -0.2) is 42.0 Å². The van der Waals surface area contributed by atoms with Crippen LogP contribution >= 0.6 is 0 Å². The number of nitrogens with zero attached hydrogens (tertiary/aromatic N) is 2. The van der Waals surface area contributed by atoms with Gasteiger partial charge in [-0.15, -0.1) is 0 Å². The second kappa shape index (κ2) is 5.48. The fraction of sp³-hybridized carbons (Fsp3) is 0.556. The summed E-state index contributed by atoms with van der Waals surface area (Å²) >= 11 is 0. The fourth-order valence-electron chi connectivity index (χ4n) is 4.48. The lowest BCUT2D eigenvalue weighted by Gasteiger charge is -2.42. The summed E-state index contributed by atoms with van der Waals surface area (Å²) in [6.07, 6.45) is 4.43. The van der Waals surface area contributed by atoms with Crippen LogP contribution < -0.4 is 16.4 Å². The number of carbonyl (C=O) groups is 2. The predicted octanol–water partition coefficient (Wildman–Crippen LogP) is 1.33. The molecule has 24 heavy (non-hydrogen) atoms. The average molecular weight is 328 g/mol. The Morgan fingerprint density at radius 3 is 2.50 bits per heavy atom. The van der Waals surface area contributed by atoms with E-state index in [4.69, 9.17) is 11.5 Å². The summed E-state index contributed by atoms with van der Waals surface area (Å²) in [5.41, 5.74) is 13.5. The molecule has 1 aliphatic carbocycles. The molecule has 1 aromatic rings. The molecule has 4 N–H and O–H groups in total. The van der Waals surface area contributed by atoms with Crippen molar-refractivity contribution in [2.24, 2.45) is 11.5 Å². The maximum Gasteiger partial charge on any atom is 0.324 e. The molecule has 0 radical (unpaired) electrons. The standard InChI is InChI=1S/C18H24N4O2/c19-14-6-9-21-15(14)11-22(17(21)24)13-4-2-12(3-5-13)18(7-1-8-18)10-16(20)23/h2-5,14-15H,1,6-11,19H2,(H2,20,23)/t14-,15-/m1/s1. The van der Waals surface area contributed by atoms with E-state index in [0.29, 0.717) is 13.0 Å². The van der Waals surface area contributed by atoms with Gasteiger partial charge in [0.2, 0.25) is 5.91 Å². The molecule has 3 aliphatic rings. The van der Waals surface area contributed by atoms with Crippen LogP contribution in [0.3, 0.4) is 0 Å². The van der Waals surface area contributed by atoms with Gasteiger partial charge in [-0.3, -0.25) is 9.69 Å². The summed E-state index contributed by atoms with van der Waals surface area (Å²) in [4.78, 5) is 27.7. The molecule has 0 spiro atoms. The molecular formula is C18H24N4O2. The van der Waals surface area contributed by atoms with Crippen LogP contribution in [0.15, 0.2) is 24.3 Å². The van der Waals surface area contributed by atoms with Crippen LogP contribution in [0.1, 0.15) is 37.7 Å². The molecule has 128 valence electrons. The van der Waals surface area contributed by atoms with E-state index in [-0.39, 0.29) is 29.4 Å². The molecule has 1 aromatic carbocycles. The molecule has 2 heterocycles. The number of fused-ring (bicyclic) bond motifs is 1. The number of benzene rings is 1. The Hall–Kier alpha value is -2.08. The predicted molar refractivity (Wildman–Crippen MR) is 91.6 cm³/mol. The lowest BCUT2D eigenvalue weighted by molar-refractivity contribution is -0.120. The van der Waals surface area contributed by atoms with Gasteiger partial charge in [0.25, 0.3) is 0 Å². The van der Waals surface area contributed by atoms with Crippen LogP contribution in [0.4, 0.5) is 10.5 Å². The summed E-state index contributed by atoms with van der Waals surface area (Å²) in [6, 6.07) is 8.33. The first-order valence-corrected chi connectivity index (χ1v) is 8.73. The Morgan fingerprint density at radius 2 is 1.96 bits per heavy atom. The van der Waals surface area contributed by atoms with E-state index in [1.54, 1.807) is 0 Å². The lowest BCUT2D eigenvalue weighted by Crippen LogP contribution is -2.38. The second-order valence-corrected chi connectivity index (χ2v) is 7.43. The molecule has 2 atom stereocenters. The molecule has 0 bridgehead atoms. The minimum atomic E-state index is -0.247. The van der Waals surface area contributed by atoms with E-state index in [9.17, 15) is 9.59 Å². The summed E-state index contributed by atoms with van der Waals surface area (Å²) < 4.78 is 0. The van der Waals surface area contributed by atoms with Crippen molar-refractivity contribution in [3.05, 3.63) is 29.8 Å². The molecule has 2 aliphatic heterocycles. The lowest BCUT2D eigenvalue weighted by atomic mass is 9.62. The van der Waals surface area contributed by atoms with Crippen LogP contribution in [0.5, 0.6) is 0 Å². The van der Waals surface area contributed by atoms with Gasteiger partial charge in [0.15, 0.2) is 0 Å². The van der Waals surface area contributed by atoms with E-state index >= 15 is 0 Å². The van der Waals surface area contributed by atoms with Crippen molar-refractivity contribution in [1.29, 1.82) is 0 Å². The summed E-state index contributed by atoms with van der Waals surface area (Å²) in [7, 11) is 0. The van der Waals surface area contributed by atoms with Gasteiger partial charge in [-0.05, 0) is 37.0 Å². The largest absolute Gasteiger partial charge is 0.370 e. The van der Waals surface area contributed by atoms with Crippen molar-refractivity contribution in [3.8, 4) is 0 Å². The average Bonchev–Trinajstić information content (AvgIpc) is 3.04. The number of carbonyl (C=O) groups excluding carboxylic acids is 2. The molecule has 1 saturated carbocycles. The fourth-order valence-corrected chi connectivity index (χ4v) is 4.48. The van der Waals surface area contributed by atoms with Crippen LogP contribution in [0, 0.1) is 0 Å². The first-order chi connectivity index (χ1) is 11.5. The van der Waals surface area contributed by atoms with E-state index in [1.807, 2.05) is 34.1 Å². The summed E-state index contributed by atoms with van der Waals surface area (Å²) in [5.74, 6) is -0.247. The number of rotatable bonds is 4. The molecule has 0 aromatic heterocycles. The van der Waals surface area contributed by atoms with Crippen LogP contribution in [-0.2, 0) is 10.2 Å². The van der Waals surface area contributed by atoms with Gasteiger partial charge in [-0.2, -0.15) is 0 Å². The molecule has 4 rings (SSSR count). The minimum absolute atomic E-state index is 0.0520. The van der Waals surface area contributed by atoms with Crippen molar-refractivity contribution in [1.82, 2.24) is 4.90 Å². The van der Waals surface area contributed by atoms with Gasteiger partial charge in [-0.25, -0.2) is 4.79 Å². The molecule has 2 saturated heterocycles. The van der Waals surface area contributed by atoms with Crippen molar-refractivity contribution < 1.29 is 9.59 Å². The number of hydrogen-bond donors (Lipinski definition) is 2. The summed E-state index contributed by atoms with van der Waals surface area (Å²) in [6.45, 7) is 1.41. The highest BCUT2D eigenvalue weighted by molar-refractivity contribution is 5.95. The number of anilines is 1. The van der Waals surface area contributed by atoms with Crippen molar-refractivity contribution >= 4 is 17.6 Å². The molecule has 3 fully saturated rings.